The molecule has 0 aliphatic rings. The lowest BCUT2D eigenvalue weighted by Gasteiger charge is -2.21. The molecule has 2 aromatic rings. The molecular formula is C21H30N2O4S. The van der Waals surface area contributed by atoms with Gasteiger partial charge in [-0.25, -0.2) is 4.98 Å². The first-order valence-electron chi connectivity index (χ1n) is 9.34. The van der Waals surface area contributed by atoms with Crippen LogP contribution in [0.2, 0.25) is 0 Å². The highest BCUT2D eigenvalue weighted by Gasteiger charge is 2.15. The van der Waals surface area contributed by atoms with E-state index in [-0.39, 0.29) is 12.5 Å². The summed E-state index contributed by atoms with van der Waals surface area (Å²) in [5.74, 6) is 0.848. The van der Waals surface area contributed by atoms with Crippen LogP contribution in [0, 0.1) is 20.8 Å². The molecule has 0 bridgehead atoms. The monoisotopic (exact) mass is 406 g/mol. The van der Waals surface area contributed by atoms with Crippen molar-refractivity contribution in [3.05, 3.63) is 44.9 Å². The van der Waals surface area contributed by atoms with Crippen molar-refractivity contribution in [2.75, 3.05) is 34.0 Å². The van der Waals surface area contributed by atoms with Gasteiger partial charge in [0.05, 0.1) is 12.2 Å². The quantitative estimate of drug-likeness (QED) is 0.533. The van der Waals surface area contributed by atoms with Gasteiger partial charge >= 0.3 is 0 Å². The normalized spacial score (nSPS) is 10.9. The number of aromatic nitrogens is 1. The molecule has 0 fully saturated rings. The van der Waals surface area contributed by atoms with Crippen LogP contribution < -0.4 is 4.74 Å². The summed E-state index contributed by atoms with van der Waals surface area (Å²) in [5, 5.41) is 2.88. The molecule has 7 heteroatoms. The smallest absolute Gasteiger partial charge is 0.248 e. The van der Waals surface area contributed by atoms with Gasteiger partial charge in [-0.3, -0.25) is 4.79 Å². The lowest BCUT2D eigenvalue weighted by molar-refractivity contribution is -0.136. The number of methoxy groups -OCH3 is 2. The molecule has 0 unspecified atom stereocenters. The molecule has 0 aliphatic heterocycles. The zero-order valence-corrected chi connectivity index (χ0v) is 18.2. The van der Waals surface area contributed by atoms with E-state index in [1.165, 1.54) is 18.2 Å². The minimum absolute atomic E-state index is 0.0461. The Morgan fingerprint density at radius 1 is 1.18 bits per heavy atom. The van der Waals surface area contributed by atoms with Crippen molar-refractivity contribution >= 4 is 17.2 Å². The summed E-state index contributed by atoms with van der Waals surface area (Å²) in [4.78, 5) is 18.7. The van der Waals surface area contributed by atoms with Gasteiger partial charge in [0.15, 0.2) is 0 Å². The Bertz CT molecular complexity index is 776. The van der Waals surface area contributed by atoms with E-state index in [0.29, 0.717) is 26.3 Å². The highest BCUT2D eigenvalue weighted by atomic mass is 32.1. The van der Waals surface area contributed by atoms with Gasteiger partial charge < -0.3 is 19.1 Å². The number of amides is 1. The molecule has 2 rings (SSSR count). The van der Waals surface area contributed by atoms with Crippen molar-refractivity contribution in [3.63, 3.8) is 0 Å². The highest BCUT2D eigenvalue weighted by Crippen LogP contribution is 2.25. The molecule has 1 heterocycles. The molecule has 0 spiro atoms. The number of nitrogens with zero attached hydrogens (tertiary/aromatic N) is 2. The molecule has 154 valence electrons. The van der Waals surface area contributed by atoms with E-state index < -0.39 is 0 Å². The molecule has 0 radical (unpaired) electrons. The van der Waals surface area contributed by atoms with E-state index in [2.05, 4.69) is 37.9 Å². The maximum atomic E-state index is 12.3. The second kappa shape index (κ2) is 11.1. The largest absolute Gasteiger partial charge is 0.486 e. The second-order valence-electron chi connectivity index (χ2n) is 6.82. The van der Waals surface area contributed by atoms with Gasteiger partial charge in [-0.1, -0.05) is 6.07 Å². The zero-order chi connectivity index (χ0) is 20.5. The standard InChI is InChI=1S/C21H30N2O4S/c1-15-9-16(2)17(3)19(10-15)27-12-20-22-18(14-28-20)11-23(7-6-8-25-4)21(24)13-26-5/h9-10,14H,6-8,11-13H2,1-5H3. The number of rotatable bonds is 11. The summed E-state index contributed by atoms with van der Waals surface area (Å²) < 4.78 is 16.1. The zero-order valence-electron chi connectivity index (χ0n) is 17.4. The predicted octanol–water partition coefficient (Wildman–Crippen LogP) is 3.66. The van der Waals surface area contributed by atoms with Crippen LogP contribution in [0.3, 0.4) is 0 Å². The Morgan fingerprint density at radius 3 is 2.68 bits per heavy atom. The Hall–Kier alpha value is -1.96. The van der Waals surface area contributed by atoms with Crippen LogP contribution in [0.15, 0.2) is 17.5 Å². The number of hydrogen-bond donors (Lipinski definition) is 0. The summed E-state index contributed by atoms with van der Waals surface area (Å²) in [6.07, 6.45) is 0.776. The number of aryl methyl sites for hydroxylation is 2. The van der Waals surface area contributed by atoms with E-state index in [1.54, 1.807) is 23.3 Å². The molecule has 0 atom stereocenters. The molecule has 1 amide bonds. The van der Waals surface area contributed by atoms with Gasteiger partial charge in [0, 0.05) is 32.8 Å². The average Bonchev–Trinajstić information content (AvgIpc) is 3.10. The van der Waals surface area contributed by atoms with E-state index in [1.807, 2.05) is 5.38 Å². The highest BCUT2D eigenvalue weighted by molar-refractivity contribution is 7.09. The van der Waals surface area contributed by atoms with Crippen LogP contribution in [0.1, 0.15) is 33.8 Å². The summed E-state index contributed by atoms with van der Waals surface area (Å²) in [6, 6.07) is 4.21. The summed E-state index contributed by atoms with van der Waals surface area (Å²) in [7, 11) is 3.18. The van der Waals surface area contributed by atoms with Gasteiger partial charge in [0.25, 0.3) is 0 Å². The lowest BCUT2D eigenvalue weighted by Crippen LogP contribution is -2.34. The number of thiazole rings is 1. The van der Waals surface area contributed by atoms with Crippen LogP contribution in [-0.4, -0.2) is 49.8 Å². The van der Waals surface area contributed by atoms with Crippen LogP contribution in [0.25, 0.3) is 0 Å². The minimum atomic E-state index is -0.0461. The number of ether oxygens (including phenoxy) is 3. The molecule has 28 heavy (non-hydrogen) atoms. The Morgan fingerprint density at radius 2 is 1.96 bits per heavy atom. The Balaban J connectivity index is 1.98. The minimum Gasteiger partial charge on any atom is -0.486 e. The third-order valence-corrected chi connectivity index (χ3v) is 5.34. The van der Waals surface area contributed by atoms with E-state index in [4.69, 9.17) is 14.2 Å². The number of carbonyl (C=O) groups is 1. The summed E-state index contributed by atoms with van der Waals surface area (Å²) >= 11 is 1.55. The van der Waals surface area contributed by atoms with E-state index >= 15 is 0 Å². The maximum absolute atomic E-state index is 12.3. The van der Waals surface area contributed by atoms with Gasteiger partial charge in [0.2, 0.25) is 5.91 Å². The molecule has 6 nitrogen and oxygen atoms in total. The van der Waals surface area contributed by atoms with Crippen molar-refractivity contribution in [2.24, 2.45) is 0 Å². The molecule has 1 aromatic heterocycles. The Kier molecular flexibility index (Phi) is 8.89. The van der Waals surface area contributed by atoms with Gasteiger partial charge in [-0.15, -0.1) is 11.3 Å². The van der Waals surface area contributed by atoms with Crippen LogP contribution >= 0.6 is 11.3 Å². The molecule has 0 saturated heterocycles. The van der Waals surface area contributed by atoms with Crippen molar-refractivity contribution in [1.29, 1.82) is 0 Å². The van der Waals surface area contributed by atoms with Crippen molar-refractivity contribution in [2.45, 2.75) is 40.3 Å². The lowest BCUT2D eigenvalue weighted by atomic mass is 10.1. The first-order valence-corrected chi connectivity index (χ1v) is 10.2. The van der Waals surface area contributed by atoms with E-state index in [0.717, 1.165) is 28.4 Å². The summed E-state index contributed by atoms with van der Waals surface area (Å²) in [6.45, 7) is 8.40. The summed E-state index contributed by atoms with van der Waals surface area (Å²) in [5.41, 5.74) is 4.42. The fourth-order valence-electron chi connectivity index (χ4n) is 2.88. The predicted molar refractivity (Wildman–Crippen MR) is 111 cm³/mol. The first-order chi connectivity index (χ1) is 13.4. The van der Waals surface area contributed by atoms with Crippen LogP contribution in [0.5, 0.6) is 5.75 Å². The topological polar surface area (TPSA) is 60.9 Å². The molecule has 1 aromatic carbocycles. The van der Waals surface area contributed by atoms with Gasteiger partial charge in [-0.05, 0) is 49.9 Å². The van der Waals surface area contributed by atoms with Crippen molar-refractivity contribution in [3.8, 4) is 5.75 Å². The Labute approximate surface area is 171 Å². The van der Waals surface area contributed by atoms with E-state index in [9.17, 15) is 4.79 Å². The van der Waals surface area contributed by atoms with Crippen molar-refractivity contribution < 1.29 is 19.0 Å². The third kappa shape index (κ3) is 6.58. The number of benzene rings is 1. The van der Waals surface area contributed by atoms with Gasteiger partial charge in [-0.2, -0.15) is 0 Å². The van der Waals surface area contributed by atoms with Crippen LogP contribution in [-0.2, 0) is 27.4 Å². The number of hydrogen-bond acceptors (Lipinski definition) is 6. The molecule has 0 aliphatic carbocycles. The molecule has 0 N–H and O–H groups in total. The average molecular weight is 407 g/mol. The SMILES string of the molecule is COCCCN(Cc1csc(COc2cc(C)cc(C)c2C)n1)C(=O)COC. The first kappa shape index (κ1) is 22.3. The molecule has 0 saturated carbocycles. The van der Waals surface area contributed by atoms with Gasteiger partial charge in [0.1, 0.15) is 24.0 Å². The fraction of sp³-hybridized carbons (Fsp3) is 0.524. The fourth-order valence-corrected chi connectivity index (χ4v) is 3.58. The second-order valence-corrected chi connectivity index (χ2v) is 7.76. The van der Waals surface area contributed by atoms with Crippen molar-refractivity contribution in [1.82, 2.24) is 9.88 Å². The maximum Gasteiger partial charge on any atom is 0.248 e. The number of carbonyl (C=O) groups excluding carboxylic acids is 1. The molecular weight excluding hydrogens is 376 g/mol. The third-order valence-electron chi connectivity index (χ3n) is 4.46. The van der Waals surface area contributed by atoms with Crippen LogP contribution in [0.4, 0.5) is 0 Å².